The van der Waals surface area contributed by atoms with Crippen LogP contribution in [0.15, 0.2) is 88.6 Å². The van der Waals surface area contributed by atoms with Crippen LogP contribution in [0.1, 0.15) is 5.69 Å². The zero-order valence-corrected chi connectivity index (χ0v) is 19.4. The number of hydrogen-bond acceptors (Lipinski definition) is 4. The highest BCUT2D eigenvalue weighted by Crippen LogP contribution is 2.42. The van der Waals surface area contributed by atoms with Crippen LogP contribution in [-0.4, -0.2) is 30.2 Å². The number of nitrogens with one attached hydrogen (secondary N) is 1. The van der Waals surface area contributed by atoms with Gasteiger partial charge in [0.05, 0.1) is 22.0 Å². The van der Waals surface area contributed by atoms with Crippen LogP contribution in [-0.2, 0) is 21.9 Å². The lowest BCUT2D eigenvalue weighted by Crippen LogP contribution is -2.40. The standard InChI is InChI=1S/C25H22N4O4S/c1-17-24(25(31)29(27(17)2)18-10-4-3-5-11-18)26-23(30)16-28-21-14-8-6-12-19(21)20-13-7-9-15-22(20)34(28,32)33/h3-15H,16H2,1-2H3,(H,26,30). The highest BCUT2D eigenvalue weighted by Gasteiger charge is 2.36. The second-order valence-electron chi connectivity index (χ2n) is 8.01. The summed E-state index contributed by atoms with van der Waals surface area (Å²) in [6.45, 7) is 1.26. The predicted octanol–water partition coefficient (Wildman–Crippen LogP) is 3.30. The minimum Gasteiger partial charge on any atom is -0.318 e. The van der Waals surface area contributed by atoms with E-state index in [1.165, 1.54) is 10.7 Å². The second kappa shape index (κ2) is 8.03. The third-order valence-electron chi connectivity index (χ3n) is 6.02. The van der Waals surface area contributed by atoms with Gasteiger partial charge in [-0.25, -0.2) is 13.1 Å². The number of fused-ring (bicyclic) bond motifs is 3. The fourth-order valence-electron chi connectivity index (χ4n) is 4.27. The van der Waals surface area contributed by atoms with E-state index in [0.717, 1.165) is 9.87 Å². The molecule has 0 radical (unpaired) electrons. The molecular formula is C25H22N4O4S. The Kier molecular flexibility index (Phi) is 5.13. The zero-order chi connectivity index (χ0) is 24.0. The molecule has 3 aromatic carbocycles. The van der Waals surface area contributed by atoms with Crippen molar-refractivity contribution in [3.8, 4) is 16.8 Å². The largest absolute Gasteiger partial charge is 0.318 e. The van der Waals surface area contributed by atoms with E-state index in [1.54, 1.807) is 61.1 Å². The van der Waals surface area contributed by atoms with Gasteiger partial charge in [-0.05, 0) is 31.2 Å². The first-order valence-corrected chi connectivity index (χ1v) is 12.1. The Morgan fingerprint density at radius 3 is 2.24 bits per heavy atom. The number of hydrogen-bond donors (Lipinski definition) is 1. The molecule has 0 saturated heterocycles. The van der Waals surface area contributed by atoms with E-state index in [-0.39, 0.29) is 10.6 Å². The zero-order valence-electron chi connectivity index (χ0n) is 18.6. The normalized spacial score (nSPS) is 13.8. The molecule has 0 aliphatic carbocycles. The lowest BCUT2D eigenvalue weighted by molar-refractivity contribution is -0.114. The molecular weight excluding hydrogens is 452 g/mol. The Bertz CT molecular complexity index is 1590. The minimum atomic E-state index is -3.97. The van der Waals surface area contributed by atoms with Crippen molar-refractivity contribution in [3.63, 3.8) is 0 Å². The maximum atomic E-state index is 13.4. The van der Waals surface area contributed by atoms with E-state index in [4.69, 9.17) is 0 Å². The van der Waals surface area contributed by atoms with Gasteiger partial charge < -0.3 is 5.32 Å². The predicted molar refractivity (Wildman–Crippen MR) is 131 cm³/mol. The third kappa shape index (κ3) is 3.32. The maximum absolute atomic E-state index is 13.4. The monoisotopic (exact) mass is 474 g/mol. The van der Waals surface area contributed by atoms with Gasteiger partial charge in [-0.15, -0.1) is 0 Å². The third-order valence-corrected chi connectivity index (χ3v) is 7.84. The van der Waals surface area contributed by atoms with E-state index in [1.807, 2.05) is 30.3 Å². The van der Waals surface area contributed by atoms with Crippen LogP contribution in [0.2, 0.25) is 0 Å². The van der Waals surface area contributed by atoms with Crippen LogP contribution >= 0.6 is 0 Å². The molecule has 1 aliphatic rings. The summed E-state index contributed by atoms with van der Waals surface area (Å²) in [7, 11) is -2.24. The molecule has 0 bridgehead atoms. The van der Waals surface area contributed by atoms with Crippen LogP contribution in [0.5, 0.6) is 0 Å². The first-order chi connectivity index (χ1) is 16.3. The number of amides is 1. The number of aromatic nitrogens is 2. The topological polar surface area (TPSA) is 93.4 Å². The Hall–Kier alpha value is -4.11. The van der Waals surface area contributed by atoms with Crippen molar-refractivity contribution in [2.45, 2.75) is 11.8 Å². The fourth-order valence-corrected chi connectivity index (χ4v) is 5.92. The lowest BCUT2D eigenvalue weighted by atomic mass is 10.0. The lowest BCUT2D eigenvalue weighted by Gasteiger charge is -2.31. The van der Waals surface area contributed by atoms with Crippen LogP contribution < -0.4 is 15.2 Å². The van der Waals surface area contributed by atoms with Crippen molar-refractivity contribution in [1.29, 1.82) is 0 Å². The molecule has 8 nitrogen and oxygen atoms in total. The molecule has 0 saturated carbocycles. The molecule has 9 heteroatoms. The van der Waals surface area contributed by atoms with Crippen LogP contribution in [0.3, 0.4) is 0 Å². The molecule has 2 heterocycles. The average molecular weight is 475 g/mol. The van der Waals surface area contributed by atoms with Gasteiger partial charge in [0.15, 0.2) is 0 Å². The highest BCUT2D eigenvalue weighted by molar-refractivity contribution is 7.93. The number of nitrogens with zero attached hydrogens (tertiary/aromatic N) is 3. The van der Waals surface area contributed by atoms with Gasteiger partial charge in [0.1, 0.15) is 12.2 Å². The first-order valence-electron chi connectivity index (χ1n) is 10.7. The SMILES string of the molecule is Cc1c(NC(=O)CN2c3ccccc3-c3ccccc3S2(=O)=O)c(=O)n(-c2ccccc2)n1C. The van der Waals surface area contributed by atoms with Gasteiger partial charge in [-0.3, -0.25) is 18.6 Å². The molecule has 1 N–H and O–H groups in total. The quantitative estimate of drug-likeness (QED) is 0.491. The maximum Gasteiger partial charge on any atom is 0.295 e. The van der Waals surface area contributed by atoms with E-state index in [0.29, 0.717) is 22.6 Å². The second-order valence-corrected chi connectivity index (χ2v) is 9.84. The number of rotatable bonds is 4. The van der Waals surface area contributed by atoms with Crippen LogP contribution in [0.4, 0.5) is 11.4 Å². The minimum absolute atomic E-state index is 0.111. The molecule has 0 fully saturated rings. The molecule has 1 aromatic heterocycles. The molecule has 0 atom stereocenters. The van der Waals surface area contributed by atoms with Gasteiger partial charge in [0, 0.05) is 18.2 Å². The number of para-hydroxylation sites is 2. The average Bonchev–Trinajstić information content (AvgIpc) is 3.05. The molecule has 0 spiro atoms. The molecule has 1 amide bonds. The summed E-state index contributed by atoms with van der Waals surface area (Å²) in [6.07, 6.45) is 0. The highest BCUT2D eigenvalue weighted by atomic mass is 32.2. The molecule has 34 heavy (non-hydrogen) atoms. The summed E-state index contributed by atoms with van der Waals surface area (Å²) in [5.74, 6) is -0.608. The number of anilines is 2. The number of benzene rings is 3. The molecule has 5 rings (SSSR count). The van der Waals surface area contributed by atoms with Gasteiger partial charge >= 0.3 is 0 Å². The Morgan fingerprint density at radius 2 is 1.50 bits per heavy atom. The summed E-state index contributed by atoms with van der Waals surface area (Å²) in [6, 6.07) is 22.8. The molecule has 0 unspecified atom stereocenters. The van der Waals surface area contributed by atoms with Gasteiger partial charge in [0.2, 0.25) is 5.91 Å². The van der Waals surface area contributed by atoms with Crippen molar-refractivity contribution in [3.05, 3.63) is 94.9 Å². The first kappa shape index (κ1) is 21.7. The summed E-state index contributed by atoms with van der Waals surface area (Å²) >= 11 is 0. The number of carbonyl (C=O) groups is 1. The van der Waals surface area contributed by atoms with Crippen LogP contribution in [0.25, 0.3) is 16.8 Å². The Balaban J connectivity index is 1.50. The van der Waals surface area contributed by atoms with Crippen molar-refractivity contribution >= 4 is 27.3 Å². The molecule has 172 valence electrons. The van der Waals surface area contributed by atoms with Gasteiger partial charge in [-0.2, -0.15) is 0 Å². The fraction of sp³-hybridized carbons (Fsp3) is 0.120. The van der Waals surface area contributed by atoms with E-state index >= 15 is 0 Å². The van der Waals surface area contributed by atoms with E-state index in [9.17, 15) is 18.0 Å². The summed E-state index contributed by atoms with van der Waals surface area (Å²) in [4.78, 5) is 26.3. The van der Waals surface area contributed by atoms with Crippen molar-refractivity contribution in [1.82, 2.24) is 9.36 Å². The number of sulfonamides is 1. The van der Waals surface area contributed by atoms with Crippen molar-refractivity contribution in [2.24, 2.45) is 7.05 Å². The Morgan fingerprint density at radius 1 is 0.882 bits per heavy atom. The summed E-state index contributed by atoms with van der Waals surface area (Å²) in [5, 5.41) is 2.65. The van der Waals surface area contributed by atoms with E-state index < -0.39 is 28.0 Å². The van der Waals surface area contributed by atoms with Crippen molar-refractivity contribution in [2.75, 3.05) is 16.2 Å². The van der Waals surface area contributed by atoms with Crippen molar-refractivity contribution < 1.29 is 13.2 Å². The van der Waals surface area contributed by atoms with Gasteiger partial charge in [-0.1, -0.05) is 54.6 Å². The molecule has 1 aliphatic heterocycles. The smallest absolute Gasteiger partial charge is 0.295 e. The Labute approximate surface area is 196 Å². The molecule has 4 aromatic rings. The number of carbonyl (C=O) groups excluding carboxylic acids is 1. The summed E-state index contributed by atoms with van der Waals surface area (Å²) in [5.41, 5.74) is 2.66. The van der Waals surface area contributed by atoms with E-state index in [2.05, 4.69) is 5.32 Å². The summed E-state index contributed by atoms with van der Waals surface area (Å²) < 4.78 is 31.0. The van der Waals surface area contributed by atoms with Crippen LogP contribution in [0, 0.1) is 6.92 Å². The van der Waals surface area contributed by atoms with Gasteiger partial charge in [0.25, 0.3) is 15.6 Å².